The highest BCUT2D eigenvalue weighted by Crippen LogP contribution is 2.25. The molecule has 116 valence electrons. The van der Waals surface area contributed by atoms with E-state index in [1.165, 1.54) is 39.3 Å². The maximum Gasteiger partial charge on any atom is 0.244 e. The number of Topliss-reactive ketones (excluding diaryl/α,β-unsaturated/α-hetero) is 1. The smallest absolute Gasteiger partial charge is 0.244 e. The van der Waals surface area contributed by atoms with Crippen molar-refractivity contribution in [3.63, 3.8) is 0 Å². The number of hydrogen-bond acceptors (Lipinski definition) is 4. The summed E-state index contributed by atoms with van der Waals surface area (Å²) in [6, 6.07) is 4.05. The normalized spacial score (nSPS) is 11.5. The second-order valence-corrected chi connectivity index (χ2v) is 7.06. The van der Waals surface area contributed by atoms with Crippen LogP contribution in [0.5, 0.6) is 0 Å². The number of halogens is 1. The number of amides is 1. The predicted molar refractivity (Wildman–Crippen MR) is 80.0 cm³/mol. The number of carbonyl (C=O) groups excluding carboxylic acids is 2. The van der Waals surface area contributed by atoms with E-state index in [2.05, 4.69) is 5.32 Å². The second kappa shape index (κ2) is 7.02. The molecule has 1 aromatic rings. The lowest BCUT2D eigenvalue weighted by molar-refractivity contribution is -0.120. The highest BCUT2D eigenvalue weighted by atomic mass is 35.5. The number of benzene rings is 1. The molecule has 21 heavy (non-hydrogen) atoms. The van der Waals surface area contributed by atoms with Crippen molar-refractivity contribution in [2.24, 2.45) is 0 Å². The summed E-state index contributed by atoms with van der Waals surface area (Å²) in [7, 11) is 0.515. The van der Waals surface area contributed by atoms with Crippen LogP contribution in [0, 0.1) is 0 Å². The molecule has 1 N–H and O–H groups in total. The largest absolute Gasteiger partial charge is 0.359 e. The molecule has 0 unspecified atom stereocenters. The van der Waals surface area contributed by atoms with E-state index in [-0.39, 0.29) is 40.0 Å². The number of hydrogen-bond donors (Lipinski definition) is 1. The summed E-state index contributed by atoms with van der Waals surface area (Å²) in [6.07, 6.45) is 0.0521. The Morgan fingerprint density at radius 3 is 2.38 bits per heavy atom. The highest BCUT2D eigenvalue weighted by molar-refractivity contribution is 7.89. The van der Waals surface area contributed by atoms with Gasteiger partial charge in [-0.15, -0.1) is 0 Å². The van der Waals surface area contributed by atoms with Crippen molar-refractivity contribution in [3.05, 3.63) is 28.8 Å². The fourth-order valence-electron chi connectivity index (χ4n) is 1.57. The van der Waals surface area contributed by atoms with Gasteiger partial charge in [0.25, 0.3) is 0 Å². The average molecular weight is 333 g/mol. The van der Waals surface area contributed by atoms with Gasteiger partial charge in [-0.05, 0) is 18.2 Å². The quantitative estimate of drug-likeness (QED) is 0.796. The molecule has 0 aliphatic carbocycles. The number of ketones is 1. The van der Waals surface area contributed by atoms with Gasteiger partial charge < -0.3 is 5.32 Å². The lowest BCUT2D eigenvalue weighted by atomic mass is 10.1. The van der Waals surface area contributed by atoms with Crippen LogP contribution in [-0.2, 0) is 14.8 Å². The molecule has 0 heterocycles. The molecule has 0 spiro atoms. The molecule has 0 fully saturated rings. The Bertz CT molecular complexity index is 656. The lowest BCUT2D eigenvalue weighted by Gasteiger charge is -2.13. The molecule has 0 saturated heterocycles. The van der Waals surface area contributed by atoms with Gasteiger partial charge in [-0.1, -0.05) is 11.6 Å². The van der Waals surface area contributed by atoms with Crippen LogP contribution in [0.2, 0.25) is 5.02 Å². The van der Waals surface area contributed by atoms with E-state index in [1.807, 2.05) is 0 Å². The van der Waals surface area contributed by atoms with Crippen LogP contribution in [0.4, 0.5) is 0 Å². The van der Waals surface area contributed by atoms with Crippen molar-refractivity contribution < 1.29 is 18.0 Å². The molecule has 0 aliphatic rings. The number of nitrogens with zero attached hydrogens (tertiary/aromatic N) is 1. The fraction of sp³-hybridized carbons (Fsp3) is 0.385. The Kier molecular flexibility index (Phi) is 5.88. The first-order valence-electron chi connectivity index (χ1n) is 6.16. The molecule has 0 aromatic heterocycles. The van der Waals surface area contributed by atoms with Gasteiger partial charge in [-0.3, -0.25) is 9.59 Å². The number of rotatable bonds is 6. The van der Waals surface area contributed by atoms with Gasteiger partial charge in [-0.2, -0.15) is 0 Å². The predicted octanol–water partition coefficient (Wildman–Crippen LogP) is 1.30. The van der Waals surface area contributed by atoms with Crippen molar-refractivity contribution in [2.75, 3.05) is 21.1 Å². The highest BCUT2D eigenvalue weighted by Gasteiger charge is 2.22. The zero-order valence-electron chi connectivity index (χ0n) is 12.0. The van der Waals surface area contributed by atoms with Crippen LogP contribution < -0.4 is 5.32 Å². The molecule has 0 atom stereocenters. The molecule has 8 heteroatoms. The Morgan fingerprint density at radius 2 is 1.86 bits per heavy atom. The van der Waals surface area contributed by atoms with Crippen LogP contribution in [0.15, 0.2) is 23.1 Å². The maximum atomic E-state index is 12.1. The molecular formula is C13H17ClN2O4S. The van der Waals surface area contributed by atoms with Crippen molar-refractivity contribution in [1.29, 1.82) is 0 Å². The monoisotopic (exact) mass is 332 g/mol. The lowest BCUT2D eigenvalue weighted by Crippen LogP contribution is -2.23. The minimum atomic E-state index is -3.73. The van der Waals surface area contributed by atoms with Gasteiger partial charge in [0.15, 0.2) is 5.78 Å². The third kappa shape index (κ3) is 4.26. The molecule has 0 aliphatic heterocycles. The minimum Gasteiger partial charge on any atom is -0.359 e. The van der Waals surface area contributed by atoms with E-state index in [4.69, 9.17) is 11.6 Å². The zero-order valence-corrected chi connectivity index (χ0v) is 13.6. The van der Waals surface area contributed by atoms with Gasteiger partial charge in [0.2, 0.25) is 15.9 Å². The molecule has 6 nitrogen and oxygen atoms in total. The summed E-state index contributed by atoms with van der Waals surface area (Å²) in [5, 5.41) is 2.46. The molecule has 0 saturated carbocycles. The Balaban J connectivity index is 3.08. The van der Waals surface area contributed by atoms with E-state index in [9.17, 15) is 18.0 Å². The van der Waals surface area contributed by atoms with Gasteiger partial charge >= 0.3 is 0 Å². The second-order valence-electron chi connectivity index (χ2n) is 4.53. The van der Waals surface area contributed by atoms with Gasteiger partial charge in [0.05, 0.1) is 5.02 Å². The van der Waals surface area contributed by atoms with Crippen LogP contribution in [0.1, 0.15) is 23.2 Å². The average Bonchev–Trinajstić information content (AvgIpc) is 2.44. The van der Waals surface area contributed by atoms with Crippen molar-refractivity contribution in [2.45, 2.75) is 17.7 Å². The molecule has 1 aromatic carbocycles. The fourth-order valence-corrected chi connectivity index (χ4v) is 2.96. The van der Waals surface area contributed by atoms with Crippen molar-refractivity contribution >= 4 is 33.3 Å². The molecular weight excluding hydrogens is 316 g/mol. The summed E-state index contributed by atoms with van der Waals surface area (Å²) in [5.74, 6) is -0.566. The maximum absolute atomic E-state index is 12.1. The van der Waals surface area contributed by atoms with Crippen LogP contribution in [0.3, 0.4) is 0 Å². The number of nitrogens with one attached hydrogen (secondary N) is 1. The number of sulfonamides is 1. The van der Waals surface area contributed by atoms with E-state index >= 15 is 0 Å². The topological polar surface area (TPSA) is 83.5 Å². The summed E-state index contributed by atoms with van der Waals surface area (Å²) < 4.78 is 25.2. The Morgan fingerprint density at radius 1 is 1.24 bits per heavy atom. The van der Waals surface area contributed by atoms with E-state index in [0.717, 1.165) is 4.31 Å². The minimum absolute atomic E-state index is 0.00274. The van der Waals surface area contributed by atoms with Gasteiger partial charge in [0.1, 0.15) is 4.90 Å². The van der Waals surface area contributed by atoms with Crippen LogP contribution >= 0.6 is 11.6 Å². The standard InChI is InChI=1S/C13H17ClN2O4S/c1-15-13(18)7-6-11(17)9-4-5-10(14)12(8-9)21(19,20)16(2)3/h4-5,8H,6-7H2,1-3H3,(H,15,18). The first-order chi connectivity index (χ1) is 9.70. The summed E-state index contributed by atoms with van der Waals surface area (Å²) in [6.45, 7) is 0. The molecule has 1 amide bonds. The van der Waals surface area contributed by atoms with Gasteiger partial charge in [-0.25, -0.2) is 12.7 Å². The molecule has 0 radical (unpaired) electrons. The summed E-state index contributed by atoms with van der Waals surface area (Å²) >= 11 is 5.90. The first-order valence-corrected chi connectivity index (χ1v) is 7.97. The Labute approximate surface area is 129 Å². The van der Waals surface area contributed by atoms with Crippen molar-refractivity contribution in [1.82, 2.24) is 9.62 Å². The first kappa shape index (κ1) is 17.6. The number of carbonyl (C=O) groups is 2. The van der Waals surface area contributed by atoms with E-state index < -0.39 is 10.0 Å². The zero-order chi connectivity index (χ0) is 16.2. The van der Waals surface area contributed by atoms with Crippen LogP contribution in [-0.4, -0.2) is 45.6 Å². The van der Waals surface area contributed by atoms with Gasteiger partial charge in [0, 0.05) is 39.5 Å². The van der Waals surface area contributed by atoms with E-state index in [0.29, 0.717) is 0 Å². The third-order valence-electron chi connectivity index (χ3n) is 2.87. The Hall–Kier alpha value is -1.44. The summed E-state index contributed by atoms with van der Waals surface area (Å²) in [5.41, 5.74) is 0.212. The van der Waals surface area contributed by atoms with E-state index in [1.54, 1.807) is 0 Å². The third-order valence-corrected chi connectivity index (χ3v) is 5.17. The SMILES string of the molecule is CNC(=O)CCC(=O)c1ccc(Cl)c(S(=O)(=O)N(C)C)c1. The molecule has 0 bridgehead atoms. The summed E-state index contributed by atoms with van der Waals surface area (Å²) in [4.78, 5) is 23.0. The van der Waals surface area contributed by atoms with Crippen LogP contribution in [0.25, 0.3) is 0 Å². The van der Waals surface area contributed by atoms with Crippen molar-refractivity contribution in [3.8, 4) is 0 Å². The molecule has 1 rings (SSSR count).